The number of rotatable bonds is 18. The van der Waals surface area contributed by atoms with Gasteiger partial charge < -0.3 is 29.5 Å². The summed E-state index contributed by atoms with van der Waals surface area (Å²) in [5.74, 6) is 2.23. The van der Waals surface area contributed by atoms with Crippen molar-refractivity contribution < 1.29 is 23.8 Å². The fraction of sp³-hybridized carbons (Fsp3) is 0.229. The maximum atomic E-state index is 13.9. The molecule has 2 fully saturated rings. The van der Waals surface area contributed by atoms with Crippen LogP contribution in [-0.4, -0.2) is 51.1 Å². The van der Waals surface area contributed by atoms with Gasteiger partial charge in [-0.25, -0.2) is 9.97 Å². The number of esters is 1. The van der Waals surface area contributed by atoms with E-state index in [0.717, 1.165) is 133 Å². The molecule has 10 aromatic rings. The zero-order valence-corrected chi connectivity index (χ0v) is 52.4. The normalized spacial score (nSPS) is 19.3. The maximum absolute atomic E-state index is 13.9. The molecule has 3 aromatic heterocycles. The van der Waals surface area contributed by atoms with Crippen molar-refractivity contribution >= 4 is 58.2 Å². The zero-order valence-electron chi connectivity index (χ0n) is 52.4. The fourth-order valence-corrected chi connectivity index (χ4v) is 15.9. The van der Waals surface area contributed by atoms with E-state index in [0.29, 0.717) is 62.0 Å². The fourth-order valence-electron chi connectivity index (χ4n) is 15.9. The average Bonchev–Trinajstić information content (AvgIpc) is 1.72. The van der Waals surface area contributed by atoms with Crippen molar-refractivity contribution in [2.24, 2.45) is 23.2 Å². The number of carbonyl (C=O) groups is 2. The molecule has 15 rings (SSSR count). The van der Waals surface area contributed by atoms with E-state index in [1.807, 2.05) is 48.5 Å². The van der Waals surface area contributed by atoms with Crippen LogP contribution < -0.4 is 10.1 Å². The monoisotopic (exact) mass is 1220 g/mol. The van der Waals surface area contributed by atoms with E-state index < -0.39 is 0 Å². The Balaban J connectivity index is 0.657. The van der Waals surface area contributed by atoms with Gasteiger partial charge in [-0.2, -0.15) is 0 Å². The summed E-state index contributed by atoms with van der Waals surface area (Å²) in [5.41, 5.74) is 20.4. The van der Waals surface area contributed by atoms with Gasteiger partial charge in [0.1, 0.15) is 12.4 Å². The molecule has 3 N–H and O–H groups in total. The summed E-state index contributed by atoms with van der Waals surface area (Å²) in [6.45, 7) is 4.32. The lowest BCUT2D eigenvalue weighted by Gasteiger charge is -2.54. The second kappa shape index (κ2) is 26.2. The van der Waals surface area contributed by atoms with Crippen LogP contribution in [0.4, 0.5) is 0 Å². The minimum atomic E-state index is -0.242. The third-order valence-electron chi connectivity index (χ3n) is 20.2. The van der Waals surface area contributed by atoms with Crippen LogP contribution in [0.5, 0.6) is 5.75 Å². The molecule has 2 aliphatic heterocycles. The standard InChI is InChI=1S/C83H75N5O5/c1-83-51-62(77-64-36-34-63(92-52-54-18-7-2-8-19-54)50-61(64)33-35-65(77)66(83)37-46-75(83)93-53-55-20-9-3-10-21-55)47-49-91-76(89)28-17-48-84-82(90)60-31-29-59(30-32-60)81-73-44-42-71(87-73)79(57-24-13-5-14-25-57)69-40-38-67(85-69)78(56-22-11-4-12-23-56)68-39-41-70(86-68)80(58-26-15-6-16-27-58)72-43-45-74(81)88-72/h2-16,18-27,29-32,34,36,38-45,50,62,65-66,75,77,85,88H,17,28,33,35,37,46-49,51-53H2,1H3,(H,84,90)/t62-,65-,66-,75-,77+,83-/m0/s1. The highest BCUT2D eigenvalue weighted by Crippen LogP contribution is 2.64. The van der Waals surface area contributed by atoms with E-state index in [1.54, 1.807) is 0 Å². The zero-order chi connectivity index (χ0) is 62.7. The number of aromatic nitrogens is 4. The molecule has 6 atom stereocenters. The lowest BCUT2D eigenvalue weighted by atomic mass is 9.51. The number of nitrogens with zero attached hydrogens (tertiary/aromatic N) is 2. The summed E-state index contributed by atoms with van der Waals surface area (Å²) < 4.78 is 19.3. The van der Waals surface area contributed by atoms with Gasteiger partial charge in [-0.3, -0.25) is 9.59 Å². The molecule has 8 bridgehead atoms. The number of nitrogens with one attached hydrogen (secondary N) is 3. The highest BCUT2D eigenvalue weighted by Gasteiger charge is 2.58. The van der Waals surface area contributed by atoms with Crippen molar-refractivity contribution in [1.29, 1.82) is 0 Å². The van der Waals surface area contributed by atoms with Gasteiger partial charge in [0.2, 0.25) is 0 Å². The lowest BCUT2D eigenvalue weighted by Crippen LogP contribution is -2.48. The molecule has 1 amide bonds. The predicted molar refractivity (Wildman–Crippen MR) is 373 cm³/mol. The first-order valence-electron chi connectivity index (χ1n) is 33.1. The largest absolute Gasteiger partial charge is 0.489 e. The topological polar surface area (TPSA) is 131 Å². The highest BCUT2D eigenvalue weighted by molar-refractivity contribution is 6.00. The number of fused-ring (bicyclic) bond motifs is 13. The molecule has 5 aliphatic rings. The van der Waals surface area contributed by atoms with Crippen LogP contribution in [0.3, 0.4) is 0 Å². The lowest BCUT2D eigenvalue weighted by molar-refractivity contribution is -0.145. The van der Waals surface area contributed by atoms with E-state index >= 15 is 0 Å². The Kier molecular flexibility index (Phi) is 16.7. The third-order valence-corrected chi connectivity index (χ3v) is 20.2. The molecule has 3 aliphatic carbocycles. The third kappa shape index (κ3) is 12.2. The van der Waals surface area contributed by atoms with Crippen LogP contribution in [0.2, 0.25) is 0 Å². The van der Waals surface area contributed by atoms with Crippen LogP contribution in [0.1, 0.15) is 113 Å². The smallest absolute Gasteiger partial charge is 0.305 e. The number of benzene rings is 7. The van der Waals surface area contributed by atoms with Gasteiger partial charge in [0.25, 0.3) is 5.91 Å². The van der Waals surface area contributed by atoms with Crippen molar-refractivity contribution in [3.8, 4) is 50.3 Å². The number of hydrogen-bond acceptors (Lipinski definition) is 7. The average molecular weight is 1220 g/mol. The molecule has 0 spiro atoms. The summed E-state index contributed by atoms with van der Waals surface area (Å²) in [5, 5.41) is 3.09. The molecular weight excluding hydrogens is 1150 g/mol. The molecule has 93 heavy (non-hydrogen) atoms. The molecule has 0 radical (unpaired) electrons. The number of amides is 1. The first kappa shape index (κ1) is 59.2. The quantitative estimate of drug-likeness (QED) is 0.0576. The molecule has 0 saturated heterocycles. The molecule has 5 heterocycles. The molecule has 7 aromatic carbocycles. The van der Waals surface area contributed by atoms with E-state index in [2.05, 4.69) is 216 Å². The van der Waals surface area contributed by atoms with Crippen molar-refractivity contribution in [1.82, 2.24) is 25.3 Å². The van der Waals surface area contributed by atoms with Crippen molar-refractivity contribution in [3.63, 3.8) is 0 Å². The minimum Gasteiger partial charge on any atom is -0.489 e. The van der Waals surface area contributed by atoms with E-state index in [4.69, 9.17) is 24.2 Å². The predicted octanol–water partition coefficient (Wildman–Crippen LogP) is 18.7. The Morgan fingerprint density at radius 1 is 0.548 bits per heavy atom. The number of aromatic amines is 2. The van der Waals surface area contributed by atoms with Crippen LogP contribution in [-0.2, 0) is 33.9 Å². The first-order valence-corrected chi connectivity index (χ1v) is 33.1. The molecule has 10 heteroatoms. The van der Waals surface area contributed by atoms with E-state index in [9.17, 15) is 9.59 Å². The second-order valence-electron chi connectivity index (χ2n) is 25.8. The van der Waals surface area contributed by atoms with Gasteiger partial charge in [0.15, 0.2) is 0 Å². The van der Waals surface area contributed by atoms with E-state index in [-0.39, 0.29) is 29.8 Å². The Morgan fingerprint density at radius 2 is 1.04 bits per heavy atom. The molecular formula is C83H75N5O5. The Hall–Kier alpha value is -10.2. The number of H-pyrrole nitrogens is 2. The minimum absolute atomic E-state index is 0.0228. The van der Waals surface area contributed by atoms with Gasteiger partial charge >= 0.3 is 5.97 Å². The van der Waals surface area contributed by atoms with E-state index in [1.165, 1.54) is 23.1 Å². The van der Waals surface area contributed by atoms with Crippen LogP contribution in [0, 0.1) is 23.2 Å². The van der Waals surface area contributed by atoms with Crippen LogP contribution >= 0.6 is 0 Å². The molecule has 2 saturated carbocycles. The van der Waals surface area contributed by atoms with Crippen molar-refractivity contribution in [2.75, 3.05) is 13.2 Å². The number of hydrogen-bond donors (Lipinski definition) is 3. The maximum Gasteiger partial charge on any atom is 0.305 e. The van der Waals surface area contributed by atoms with Crippen LogP contribution in [0.15, 0.2) is 218 Å². The molecule has 10 nitrogen and oxygen atoms in total. The summed E-state index contributed by atoms with van der Waals surface area (Å²) >= 11 is 0. The van der Waals surface area contributed by atoms with Gasteiger partial charge in [-0.05, 0) is 191 Å². The van der Waals surface area contributed by atoms with Crippen molar-refractivity contribution in [3.05, 3.63) is 269 Å². The highest BCUT2D eigenvalue weighted by atomic mass is 16.5. The molecule has 462 valence electrons. The van der Waals surface area contributed by atoms with Crippen molar-refractivity contribution in [2.45, 2.75) is 83.5 Å². The summed E-state index contributed by atoms with van der Waals surface area (Å²) in [4.78, 5) is 46.0. The van der Waals surface area contributed by atoms with Gasteiger partial charge in [0, 0.05) is 62.8 Å². The number of ether oxygens (including phenoxy) is 3. The Bertz CT molecular complexity index is 4560. The van der Waals surface area contributed by atoms with Gasteiger partial charge in [-0.1, -0.05) is 177 Å². The number of aryl methyl sites for hydroxylation is 1. The summed E-state index contributed by atoms with van der Waals surface area (Å²) in [6.07, 6.45) is 15.4. The van der Waals surface area contributed by atoms with Gasteiger partial charge in [0.05, 0.1) is 42.1 Å². The second-order valence-corrected chi connectivity index (χ2v) is 25.8. The summed E-state index contributed by atoms with van der Waals surface area (Å²) in [6, 6.07) is 75.1. The molecule has 0 unspecified atom stereocenters. The van der Waals surface area contributed by atoms with Gasteiger partial charge in [-0.15, -0.1) is 0 Å². The Morgan fingerprint density at radius 3 is 1.57 bits per heavy atom. The SMILES string of the molecule is C[C@]12C[C@H](CCOC(=O)CCCNC(=O)c3ccc(-c4c5nc(c(-c6ccccc6)c6ccc([nH]6)c(-c6ccccc6)c6nc(c(-c7ccccc7)c7ccc4[nH]7)C=C6)C=C5)cc3)[C@@H]3c4ccc(OCc5ccccc5)cc4CC[C@H]3[C@@H]1CC[C@@H]2OCc1ccccc1. The first-order chi connectivity index (χ1) is 45.8. The Labute approximate surface area is 543 Å². The van der Waals surface area contributed by atoms with Crippen LogP contribution in [0.25, 0.3) is 90.9 Å². The number of carbonyl (C=O) groups excluding carboxylic acids is 2. The summed E-state index contributed by atoms with van der Waals surface area (Å²) in [7, 11) is 0.